The third kappa shape index (κ3) is 3.37. The minimum Gasteiger partial charge on any atom is -0.480 e. The third-order valence-electron chi connectivity index (χ3n) is 2.83. The van der Waals surface area contributed by atoms with Gasteiger partial charge in [-0.1, -0.05) is 0 Å². The third-order valence-corrected chi connectivity index (χ3v) is 2.83. The summed E-state index contributed by atoms with van der Waals surface area (Å²) in [6.45, 7) is 0. The fourth-order valence-corrected chi connectivity index (χ4v) is 1.94. The molecule has 4 N–H and O–H groups in total. The number of hydrogen-bond acceptors (Lipinski definition) is 4. The number of carbonyl (C=O) groups is 1. The molecule has 0 fully saturated rings. The molecule has 114 valence electrons. The number of aromatic nitrogens is 1. The Balaban J connectivity index is 2.41. The van der Waals surface area contributed by atoms with Crippen LogP contribution >= 0.6 is 0 Å². The van der Waals surface area contributed by atoms with E-state index in [1.807, 2.05) is 0 Å². The lowest BCUT2D eigenvalue weighted by Gasteiger charge is -2.09. The normalized spacial score (nSPS) is 13.3. The first-order valence-corrected chi connectivity index (χ1v) is 5.75. The van der Waals surface area contributed by atoms with Crippen LogP contribution in [0.15, 0.2) is 24.4 Å². The molecule has 0 radical (unpaired) electrons. The Morgan fingerprint density at radius 1 is 1.43 bits per heavy atom. The van der Waals surface area contributed by atoms with E-state index in [1.165, 1.54) is 12.3 Å². The highest BCUT2D eigenvalue weighted by Gasteiger charge is 2.31. The Bertz CT molecular complexity index is 681. The number of benzene rings is 1. The number of alkyl halides is 3. The summed E-state index contributed by atoms with van der Waals surface area (Å²) < 4.78 is 41.0. The molecule has 21 heavy (non-hydrogen) atoms. The lowest BCUT2D eigenvalue weighted by molar-refractivity contribution is -0.274. The van der Waals surface area contributed by atoms with Gasteiger partial charge in [0.2, 0.25) is 0 Å². The quantitative estimate of drug-likeness (QED) is 0.747. The van der Waals surface area contributed by atoms with E-state index in [0.717, 1.165) is 12.1 Å². The SMILES string of the molecule is NC(Cc1cn(O)c2ccc(OC(F)(F)F)cc12)C(=O)O. The van der Waals surface area contributed by atoms with Gasteiger partial charge < -0.3 is 20.8 Å². The van der Waals surface area contributed by atoms with Crippen molar-refractivity contribution in [2.45, 2.75) is 18.8 Å². The van der Waals surface area contributed by atoms with Crippen LogP contribution in [-0.2, 0) is 11.2 Å². The number of halogens is 3. The van der Waals surface area contributed by atoms with E-state index in [4.69, 9.17) is 10.8 Å². The maximum absolute atomic E-state index is 12.2. The summed E-state index contributed by atoms with van der Waals surface area (Å²) in [6, 6.07) is 2.11. The molecule has 1 heterocycles. The summed E-state index contributed by atoms with van der Waals surface area (Å²) in [4.78, 5) is 10.7. The second kappa shape index (κ2) is 5.17. The highest BCUT2D eigenvalue weighted by atomic mass is 19.4. The average Bonchev–Trinajstić information content (AvgIpc) is 2.63. The van der Waals surface area contributed by atoms with Crippen LogP contribution in [-0.4, -0.2) is 33.4 Å². The van der Waals surface area contributed by atoms with Crippen molar-refractivity contribution in [2.24, 2.45) is 5.73 Å². The fourth-order valence-electron chi connectivity index (χ4n) is 1.94. The van der Waals surface area contributed by atoms with Crippen LogP contribution < -0.4 is 10.5 Å². The zero-order chi connectivity index (χ0) is 15.8. The number of ether oxygens (including phenoxy) is 1. The molecule has 0 aliphatic heterocycles. The number of carboxylic acids is 1. The molecule has 1 aromatic carbocycles. The van der Waals surface area contributed by atoms with Gasteiger partial charge in [-0.3, -0.25) is 4.79 Å². The van der Waals surface area contributed by atoms with Gasteiger partial charge in [0.1, 0.15) is 11.8 Å². The van der Waals surface area contributed by atoms with E-state index in [0.29, 0.717) is 10.3 Å². The Morgan fingerprint density at radius 3 is 2.67 bits per heavy atom. The Morgan fingerprint density at radius 2 is 2.10 bits per heavy atom. The molecular weight excluding hydrogens is 293 g/mol. The number of nitrogens with two attached hydrogens (primary N) is 1. The van der Waals surface area contributed by atoms with Crippen molar-refractivity contribution >= 4 is 16.9 Å². The van der Waals surface area contributed by atoms with Crippen molar-refractivity contribution in [3.8, 4) is 5.75 Å². The summed E-state index contributed by atoms with van der Waals surface area (Å²) in [5.74, 6) is -1.72. The number of hydrogen-bond donors (Lipinski definition) is 3. The van der Waals surface area contributed by atoms with Crippen molar-refractivity contribution in [1.82, 2.24) is 4.73 Å². The highest BCUT2D eigenvalue weighted by Crippen LogP contribution is 2.29. The maximum atomic E-state index is 12.2. The molecule has 0 aliphatic rings. The minimum absolute atomic E-state index is 0.144. The van der Waals surface area contributed by atoms with Crippen LogP contribution in [0.4, 0.5) is 13.2 Å². The molecule has 1 aromatic heterocycles. The van der Waals surface area contributed by atoms with Gasteiger partial charge in [-0.2, -0.15) is 4.73 Å². The van der Waals surface area contributed by atoms with Crippen LogP contribution in [0.3, 0.4) is 0 Å². The molecule has 2 aromatic rings. The van der Waals surface area contributed by atoms with E-state index < -0.39 is 24.1 Å². The van der Waals surface area contributed by atoms with Crippen molar-refractivity contribution in [3.63, 3.8) is 0 Å². The van der Waals surface area contributed by atoms with Gasteiger partial charge in [0.15, 0.2) is 0 Å². The van der Waals surface area contributed by atoms with Crippen molar-refractivity contribution in [1.29, 1.82) is 0 Å². The van der Waals surface area contributed by atoms with E-state index in [1.54, 1.807) is 0 Å². The standard InChI is InChI=1S/C12H11F3N2O4/c13-12(14,15)21-7-1-2-10-8(4-7)6(5-17(10)20)3-9(16)11(18)19/h1-2,4-5,9,20H,3,16H2,(H,18,19). The fraction of sp³-hybridized carbons (Fsp3) is 0.250. The predicted molar refractivity (Wildman–Crippen MR) is 65.1 cm³/mol. The first kappa shape index (κ1) is 15.0. The number of aliphatic carboxylic acids is 1. The number of nitrogens with zero attached hydrogens (tertiary/aromatic N) is 1. The largest absolute Gasteiger partial charge is 0.573 e. The molecule has 0 bridgehead atoms. The molecule has 0 aliphatic carbocycles. The second-order valence-corrected chi connectivity index (χ2v) is 4.37. The molecule has 6 nitrogen and oxygen atoms in total. The maximum Gasteiger partial charge on any atom is 0.573 e. The lowest BCUT2D eigenvalue weighted by atomic mass is 10.1. The lowest BCUT2D eigenvalue weighted by Crippen LogP contribution is -2.32. The number of rotatable bonds is 4. The first-order valence-electron chi connectivity index (χ1n) is 5.75. The summed E-state index contributed by atoms with van der Waals surface area (Å²) in [5, 5.41) is 18.6. The van der Waals surface area contributed by atoms with Crippen LogP contribution in [0.5, 0.6) is 5.75 Å². The van der Waals surface area contributed by atoms with Gasteiger partial charge in [-0.05, 0) is 23.8 Å². The molecular formula is C12H11F3N2O4. The zero-order valence-electron chi connectivity index (χ0n) is 10.5. The average molecular weight is 304 g/mol. The molecule has 0 amide bonds. The van der Waals surface area contributed by atoms with Gasteiger partial charge in [0.05, 0.1) is 5.52 Å². The molecule has 2 rings (SSSR count). The van der Waals surface area contributed by atoms with Gasteiger partial charge in [-0.15, -0.1) is 13.2 Å². The summed E-state index contributed by atoms with van der Waals surface area (Å²) in [7, 11) is 0. The van der Waals surface area contributed by atoms with E-state index in [-0.39, 0.29) is 17.3 Å². The van der Waals surface area contributed by atoms with Crippen molar-refractivity contribution in [2.75, 3.05) is 0 Å². The monoisotopic (exact) mass is 304 g/mol. The molecule has 1 atom stereocenters. The van der Waals surface area contributed by atoms with Crippen LogP contribution in [0, 0.1) is 0 Å². The van der Waals surface area contributed by atoms with Crippen LogP contribution in [0.25, 0.3) is 10.9 Å². The summed E-state index contributed by atoms with van der Waals surface area (Å²) in [5.41, 5.74) is 5.91. The Hall–Kier alpha value is -2.42. The Labute approximate surface area is 116 Å². The van der Waals surface area contributed by atoms with Crippen LogP contribution in [0.1, 0.15) is 5.56 Å². The number of carboxylic acid groups (broad SMARTS) is 1. The Kier molecular flexibility index (Phi) is 3.69. The predicted octanol–water partition coefficient (Wildman–Crippen LogP) is 1.73. The van der Waals surface area contributed by atoms with Crippen LogP contribution in [0.2, 0.25) is 0 Å². The van der Waals surface area contributed by atoms with E-state index in [2.05, 4.69) is 4.74 Å². The highest BCUT2D eigenvalue weighted by molar-refractivity contribution is 5.86. The summed E-state index contributed by atoms with van der Waals surface area (Å²) in [6.07, 6.45) is -3.78. The first-order chi connectivity index (χ1) is 9.67. The van der Waals surface area contributed by atoms with Gasteiger partial charge in [0.25, 0.3) is 0 Å². The zero-order valence-corrected chi connectivity index (χ0v) is 10.5. The van der Waals surface area contributed by atoms with Gasteiger partial charge >= 0.3 is 12.3 Å². The minimum atomic E-state index is -4.84. The molecule has 0 saturated heterocycles. The number of fused-ring (bicyclic) bond motifs is 1. The molecule has 9 heteroatoms. The van der Waals surface area contributed by atoms with E-state index in [9.17, 15) is 23.2 Å². The van der Waals surface area contributed by atoms with Gasteiger partial charge in [0, 0.05) is 18.0 Å². The molecule has 0 spiro atoms. The van der Waals surface area contributed by atoms with Crippen molar-refractivity contribution in [3.05, 3.63) is 30.0 Å². The summed E-state index contributed by atoms with van der Waals surface area (Å²) >= 11 is 0. The van der Waals surface area contributed by atoms with Gasteiger partial charge in [-0.25, -0.2) is 0 Å². The molecule has 1 unspecified atom stereocenters. The topological polar surface area (TPSA) is 97.7 Å². The smallest absolute Gasteiger partial charge is 0.480 e. The van der Waals surface area contributed by atoms with Crippen molar-refractivity contribution < 1.29 is 33.0 Å². The second-order valence-electron chi connectivity index (χ2n) is 4.37. The van der Waals surface area contributed by atoms with E-state index >= 15 is 0 Å². The molecule has 0 saturated carbocycles.